The van der Waals surface area contributed by atoms with Crippen LogP contribution in [0.3, 0.4) is 0 Å². The second-order valence-corrected chi connectivity index (χ2v) is 6.64. The van der Waals surface area contributed by atoms with Gasteiger partial charge in [0.05, 0.1) is 17.7 Å². The number of carbonyl (C=O) groups excluding carboxylic acids is 1. The molecule has 1 rings (SSSR count). The second-order valence-electron chi connectivity index (χ2n) is 5.70. The molecule has 4 heteroatoms. The second kappa shape index (κ2) is 4.26. The van der Waals surface area contributed by atoms with Crippen molar-refractivity contribution in [2.75, 3.05) is 0 Å². The van der Waals surface area contributed by atoms with Gasteiger partial charge in [-0.2, -0.15) is 0 Å². The number of hydrogen-bond donors (Lipinski definition) is 1. The number of hydrogen-bond acceptors (Lipinski definition) is 4. The standard InChI is InChI=1S/C12H20N2OS/c1-11(2,3)8-7-16-10(14-8)6-9(15)12(4,5)13/h7H,6,13H2,1-5H3. The van der Waals surface area contributed by atoms with Crippen molar-refractivity contribution in [3.63, 3.8) is 0 Å². The Kier molecular flexibility index (Phi) is 3.55. The fourth-order valence-electron chi connectivity index (χ4n) is 1.10. The SMILES string of the molecule is CC(C)(N)C(=O)Cc1nc(C(C)(C)C)cs1. The molecule has 0 fully saturated rings. The lowest BCUT2D eigenvalue weighted by Gasteiger charge is -2.16. The van der Waals surface area contributed by atoms with E-state index in [1.165, 1.54) is 11.3 Å². The van der Waals surface area contributed by atoms with Gasteiger partial charge in [0.2, 0.25) is 0 Å². The number of thiazole rings is 1. The molecule has 0 spiro atoms. The Labute approximate surface area is 101 Å². The van der Waals surface area contributed by atoms with Crippen LogP contribution in [0.4, 0.5) is 0 Å². The fourth-order valence-corrected chi connectivity index (χ4v) is 2.12. The third-order valence-corrected chi connectivity index (χ3v) is 3.20. The van der Waals surface area contributed by atoms with Gasteiger partial charge in [-0.1, -0.05) is 20.8 Å². The van der Waals surface area contributed by atoms with Gasteiger partial charge < -0.3 is 5.73 Å². The minimum Gasteiger partial charge on any atom is -0.319 e. The Morgan fingerprint density at radius 3 is 2.31 bits per heavy atom. The van der Waals surface area contributed by atoms with Crippen molar-refractivity contribution in [2.24, 2.45) is 5.73 Å². The van der Waals surface area contributed by atoms with E-state index in [0.29, 0.717) is 6.42 Å². The van der Waals surface area contributed by atoms with Crippen molar-refractivity contribution in [3.8, 4) is 0 Å². The molecular weight excluding hydrogens is 220 g/mol. The summed E-state index contributed by atoms with van der Waals surface area (Å²) in [6, 6.07) is 0. The first kappa shape index (κ1) is 13.3. The van der Waals surface area contributed by atoms with E-state index in [-0.39, 0.29) is 11.2 Å². The summed E-state index contributed by atoms with van der Waals surface area (Å²) in [5.41, 5.74) is 6.05. The minimum atomic E-state index is -0.770. The number of nitrogens with zero attached hydrogens (tertiary/aromatic N) is 1. The third kappa shape index (κ3) is 3.39. The van der Waals surface area contributed by atoms with Gasteiger partial charge in [-0.3, -0.25) is 4.79 Å². The number of ketones is 1. The Morgan fingerprint density at radius 1 is 1.38 bits per heavy atom. The predicted molar refractivity (Wildman–Crippen MR) is 67.8 cm³/mol. The average molecular weight is 240 g/mol. The molecule has 0 unspecified atom stereocenters. The smallest absolute Gasteiger partial charge is 0.158 e. The quantitative estimate of drug-likeness (QED) is 0.882. The van der Waals surface area contributed by atoms with Crippen LogP contribution in [0.25, 0.3) is 0 Å². The van der Waals surface area contributed by atoms with Gasteiger partial charge in [0, 0.05) is 10.8 Å². The third-order valence-electron chi connectivity index (χ3n) is 2.35. The topological polar surface area (TPSA) is 56.0 Å². The van der Waals surface area contributed by atoms with Crippen molar-refractivity contribution in [3.05, 3.63) is 16.1 Å². The molecule has 90 valence electrons. The molecule has 1 heterocycles. The minimum absolute atomic E-state index is 0.0299. The zero-order chi connectivity index (χ0) is 12.6. The van der Waals surface area contributed by atoms with Crippen LogP contribution in [-0.2, 0) is 16.6 Å². The molecule has 0 aliphatic carbocycles. The first-order chi connectivity index (χ1) is 7.10. The van der Waals surface area contributed by atoms with Crippen molar-refractivity contribution >= 4 is 17.1 Å². The molecule has 0 atom stereocenters. The number of aromatic nitrogens is 1. The van der Waals surface area contributed by atoms with Crippen LogP contribution >= 0.6 is 11.3 Å². The Balaban J connectivity index is 2.78. The van der Waals surface area contributed by atoms with Gasteiger partial charge in [0.1, 0.15) is 5.01 Å². The zero-order valence-electron chi connectivity index (χ0n) is 10.6. The van der Waals surface area contributed by atoms with E-state index in [1.54, 1.807) is 13.8 Å². The molecule has 1 aromatic rings. The summed E-state index contributed by atoms with van der Waals surface area (Å²) < 4.78 is 0. The largest absolute Gasteiger partial charge is 0.319 e. The molecule has 0 bridgehead atoms. The van der Waals surface area contributed by atoms with Gasteiger partial charge in [0.25, 0.3) is 0 Å². The lowest BCUT2D eigenvalue weighted by atomic mass is 9.93. The van der Waals surface area contributed by atoms with Crippen LogP contribution in [0.2, 0.25) is 0 Å². The first-order valence-electron chi connectivity index (χ1n) is 5.38. The maximum absolute atomic E-state index is 11.7. The molecule has 16 heavy (non-hydrogen) atoms. The van der Waals surface area contributed by atoms with Gasteiger partial charge in [-0.15, -0.1) is 11.3 Å². The van der Waals surface area contributed by atoms with Crippen molar-refractivity contribution in [1.29, 1.82) is 0 Å². The van der Waals surface area contributed by atoms with Crippen molar-refractivity contribution < 1.29 is 4.79 Å². The maximum atomic E-state index is 11.7. The van der Waals surface area contributed by atoms with Crippen molar-refractivity contribution in [1.82, 2.24) is 4.98 Å². The molecule has 2 N–H and O–H groups in total. The highest BCUT2D eigenvalue weighted by Gasteiger charge is 2.24. The summed E-state index contributed by atoms with van der Waals surface area (Å²) in [5, 5.41) is 2.88. The predicted octanol–water partition coefficient (Wildman–Crippen LogP) is 2.29. The van der Waals surface area contributed by atoms with Crippen LogP contribution < -0.4 is 5.73 Å². The summed E-state index contributed by atoms with van der Waals surface area (Å²) in [5.74, 6) is 0.0299. The lowest BCUT2D eigenvalue weighted by molar-refractivity contribution is -0.122. The summed E-state index contributed by atoms with van der Waals surface area (Å²) in [7, 11) is 0. The molecule has 3 nitrogen and oxygen atoms in total. The molecular formula is C12H20N2OS. The highest BCUT2D eigenvalue weighted by atomic mass is 32.1. The van der Waals surface area contributed by atoms with E-state index in [2.05, 4.69) is 25.8 Å². The number of Topliss-reactive ketones (excluding diaryl/α,β-unsaturated/α-hetero) is 1. The van der Waals surface area contributed by atoms with E-state index < -0.39 is 5.54 Å². The van der Waals surface area contributed by atoms with Crippen LogP contribution in [0.5, 0.6) is 0 Å². The monoisotopic (exact) mass is 240 g/mol. The number of nitrogens with two attached hydrogens (primary N) is 1. The van der Waals surface area contributed by atoms with E-state index in [1.807, 2.05) is 5.38 Å². The molecule has 0 saturated heterocycles. The van der Waals surface area contributed by atoms with Gasteiger partial charge in [-0.25, -0.2) is 4.98 Å². The van der Waals surface area contributed by atoms with E-state index in [4.69, 9.17) is 5.73 Å². The summed E-state index contributed by atoms with van der Waals surface area (Å²) in [6.45, 7) is 9.79. The van der Waals surface area contributed by atoms with Gasteiger partial charge >= 0.3 is 0 Å². The normalized spacial score (nSPS) is 12.9. The van der Waals surface area contributed by atoms with Gasteiger partial charge in [-0.05, 0) is 13.8 Å². The van der Waals surface area contributed by atoms with Crippen molar-refractivity contribution in [2.45, 2.75) is 52.0 Å². The Morgan fingerprint density at radius 2 is 1.94 bits per heavy atom. The molecule has 0 radical (unpaired) electrons. The molecule has 1 aromatic heterocycles. The van der Waals surface area contributed by atoms with E-state index in [0.717, 1.165) is 10.7 Å². The summed E-state index contributed by atoms with van der Waals surface area (Å²) in [4.78, 5) is 16.2. The number of rotatable bonds is 3. The van der Waals surface area contributed by atoms with Crippen LogP contribution in [0.1, 0.15) is 45.3 Å². The molecule has 0 aliphatic heterocycles. The molecule has 0 aliphatic rings. The molecule has 0 saturated carbocycles. The van der Waals surface area contributed by atoms with Crippen LogP contribution in [0, 0.1) is 0 Å². The molecule has 0 aromatic carbocycles. The average Bonchev–Trinajstić information content (AvgIpc) is 2.49. The first-order valence-corrected chi connectivity index (χ1v) is 6.26. The highest BCUT2D eigenvalue weighted by Crippen LogP contribution is 2.24. The highest BCUT2D eigenvalue weighted by molar-refractivity contribution is 7.09. The summed E-state index contributed by atoms with van der Waals surface area (Å²) >= 11 is 1.53. The molecule has 0 amide bonds. The lowest BCUT2D eigenvalue weighted by Crippen LogP contribution is -2.42. The zero-order valence-corrected chi connectivity index (χ0v) is 11.4. The maximum Gasteiger partial charge on any atom is 0.158 e. The summed E-state index contributed by atoms with van der Waals surface area (Å²) in [6.07, 6.45) is 0.338. The Bertz CT molecular complexity index is 382. The number of carbonyl (C=O) groups is 1. The van der Waals surface area contributed by atoms with E-state index >= 15 is 0 Å². The van der Waals surface area contributed by atoms with E-state index in [9.17, 15) is 4.79 Å². The van der Waals surface area contributed by atoms with Gasteiger partial charge in [0.15, 0.2) is 5.78 Å². The van der Waals surface area contributed by atoms with Crippen LogP contribution in [0.15, 0.2) is 5.38 Å². The van der Waals surface area contributed by atoms with Crippen LogP contribution in [-0.4, -0.2) is 16.3 Å². The Hall–Kier alpha value is -0.740. The fraction of sp³-hybridized carbons (Fsp3) is 0.667.